The Hall–Kier alpha value is -1.74. The summed E-state index contributed by atoms with van der Waals surface area (Å²) in [6.07, 6.45) is -3.05. The van der Waals surface area contributed by atoms with Crippen molar-refractivity contribution in [3.8, 4) is 23.3 Å². The van der Waals surface area contributed by atoms with Crippen LogP contribution in [0.15, 0.2) is 18.2 Å². The Labute approximate surface area is 113 Å². The van der Waals surface area contributed by atoms with E-state index in [2.05, 4.69) is 21.3 Å². The summed E-state index contributed by atoms with van der Waals surface area (Å²) in [4.78, 5) is 10.7. The third-order valence-corrected chi connectivity index (χ3v) is 2.98. The van der Waals surface area contributed by atoms with E-state index in [4.69, 9.17) is 0 Å². The van der Waals surface area contributed by atoms with Crippen LogP contribution >= 0.6 is 11.8 Å². The highest BCUT2D eigenvalue weighted by atomic mass is 32.2. The van der Waals surface area contributed by atoms with Crippen LogP contribution in [0.25, 0.3) is 0 Å². The van der Waals surface area contributed by atoms with Gasteiger partial charge in [0.2, 0.25) is 0 Å². The van der Waals surface area contributed by atoms with Gasteiger partial charge in [0.1, 0.15) is 0 Å². The fraction of sp³-hybridized carbons (Fsp3) is 0.308. The summed E-state index contributed by atoms with van der Waals surface area (Å²) in [7, 11) is 0. The highest BCUT2D eigenvalue weighted by Gasteiger charge is 2.43. The van der Waals surface area contributed by atoms with Crippen LogP contribution in [0.2, 0.25) is 0 Å². The number of thioether (sulfide) groups is 1. The first-order chi connectivity index (χ1) is 8.96. The molecule has 1 aliphatic rings. The molecule has 1 aliphatic heterocycles. The van der Waals surface area contributed by atoms with E-state index >= 15 is 0 Å². The van der Waals surface area contributed by atoms with Crippen molar-refractivity contribution in [2.45, 2.75) is 19.6 Å². The number of halogens is 2. The Morgan fingerprint density at radius 3 is 2.84 bits per heavy atom. The van der Waals surface area contributed by atoms with Crippen molar-refractivity contribution in [1.29, 1.82) is 0 Å². The van der Waals surface area contributed by atoms with Gasteiger partial charge >= 0.3 is 6.29 Å². The summed E-state index contributed by atoms with van der Waals surface area (Å²) in [5.41, 5.74) is 0.563. The number of rotatable bonds is 2. The van der Waals surface area contributed by atoms with E-state index in [0.29, 0.717) is 17.7 Å². The van der Waals surface area contributed by atoms with Crippen molar-refractivity contribution >= 4 is 16.9 Å². The van der Waals surface area contributed by atoms with E-state index in [-0.39, 0.29) is 16.6 Å². The third-order valence-electron chi connectivity index (χ3n) is 2.17. The van der Waals surface area contributed by atoms with Crippen molar-refractivity contribution in [3.05, 3.63) is 23.8 Å². The molecule has 0 fully saturated rings. The van der Waals surface area contributed by atoms with Gasteiger partial charge in [-0.1, -0.05) is 23.6 Å². The lowest BCUT2D eigenvalue weighted by atomic mass is 10.2. The van der Waals surface area contributed by atoms with E-state index in [9.17, 15) is 13.6 Å². The molecule has 1 aromatic carbocycles. The van der Waals surface area contributed by atoms with Crippen LogP contribution < -0.4 is 9.47 Å². The van der Waals surface area contributed by atoms with E-state index in [0.717, 1.165) is 0 Å². The predicted molar refractivity (Wildman–Crippen MR) is 67.3 cm³/mol. The second-order valence-electron chi connectivity index (χ2n) is 3.72. The number of carbonyl (C=O) groups is 1. The van der Waals surface area contributed by atoms with Gasteiger partial charge < -0.3 is 9.47 Å². The highest BCUT2D eigenvalue weighted by molar-refractivity contribution is 8.13. The molecule has 100 valence electrons. The van der Waals surface area contributed by atoms with Gasteiger partial charge in [0.05, 0.1) is 0 Å². The summed E-state index contributed by atoms with van der Waals surface area (Å²) in [5, 5.41) is 0.0483. The van der Waals surface area contributed by atoms with Crippen molar-refractivity contribution in [1.82, 2.24) is 0 Å². The average Bonchev–Trinajstić information content (AvgIpc) is 2.61. The Morgan fingerprint density at radius 1 is 1.37 bits per heavy atom. The normalized spacial score (nSPS) is 14.7. The van der Waals surface area contributed by atoms with E-state index < -0.39 is 6.29 Å². The predicted octanol–water partition coefficient (Wildman–Crippen LogP) is 3.03. The largest absolute Gasteiger partial charge is 0.586 e. The zero-order valence-corrected chi connectivity index (χ0v) is 10.9. The molecule has 1 aromatic rings. The Balaban J connectivity index is 1.97. The Kier molecular flexibility index (Phi) is 3.96. The molecule has 0 saturated carbocycles. The summed E-state index contributed by atoms with van der Waals surface area (Å²) >= 11 is 1.20. The Bertz CT molecular complexity index is 561. The van der Waals surface area contributed by atoms with Crippen LogP contribution in [0.1, 0.15) is 18.9 Å². The number of benzene rings is 1. The number of ether oxygens (including phenoxy) is 2. The maximum Gasteiger partial charge on any atom is 0.586 e. The molecule has 0 spiro atoms. The molecular formula is C13H10F2O3S. The van der Waals surface area contributed by atoms with Crippen LogP contribution in [0.3, 0.4) is 0 Å². The highest BCUT2D eigenvalue weighted by Crippen LogP contribution is 2.40. The minimum absolute atomic E-state index is 0.00249. The van der Waals surface area contributed by atoms with E-state index in [1.807, 2.05) is 0 Å². The van der Waals surface area contributed by atoms with Gasteiger partial charge in [-0.2, -0.15) is 0 Å². The molecule has 0 radical (unpaired) electrons. The molecule has 3 nitrogen and oxygen atoms in total. The number of hydrogen-bond acceptors (Lipinski definition) is 4. The first kappa shape index (κ1) is 13.7. The number of hydrogen-bond donors (Lipinski definition) is 0. The molecule has 0 N–H and O–H groups in total. The summed E-state index contributed by atoms with van der Waals surface area (Å²) in [5.74, 6) is 6.28. The fourth-order valence-electron chi connectivity index (χ4n) is 1.44. The summed E-state index contributed by atoms with van der Waals surface area (Å²) < 4.78 is 34.2. The van der Waals surface area contributed by atoms with Crippen LogP contribution in [0, 0.1) is 11.8 Å². The number of alkyl halides is 2. The Morgan fingerprint density at radius 2 is 2.11 bits per heavy atom. The molecule has 1 heterocycles. The van der Waals surface area contributed by atoms with Crippen molar-refractivity contribution in [3.63, 3.8) is 0 Å². The first-order valence-electron chi connectivity index (χ1n) is 5.48. The lowest BCUT2D eigenvalue weighted by Crippen LogP contribution is -2.25. The van der Waals surface area contributed by atoms with Crippen molar-refractivity contribution in [2.75, 3.05) is 5.75 Å². The van der Waals surface area contributed by atoms with Gasteiger partial charge in [-0.3, -0.25) is 4.79 Å². The van der Waals surface area contributed by atoms with Crippen LogP contribution in [0.5, 0.6) is 11.5 Å². The van der Waals surface area contributed by atoms with Gasteiger partial charge in [-0.15, -0.1) is 8.78 Å². The van der Waals surface area contributed by atoms with E-state index in [1.165, 1.54) is 30.8 Å². The molecule has 0 aliphatic carbocycles. The number of carbonyl (C=O) groups excluding carboxylic acids is 1. The van der Waals surface area contributed by atoms with Gasteiger partial charge in [0.25, 0.3) is 0 Å². The molecule has 0 amide bonds. The molecule has 6 heteroatoms. The van der Waals surface area contributed by atoms with Crippen LogP contribution in [0.4, 0.5) is 8.78 Å². The van der Waals surface area contributed by atoms with E-state index in [1.54, 1.807) is 6.07 Å². The maximum atomic E-state index is 12.8. The lowest BCUT2D eigenvalue weighted by Gasteiger charge is -2.04. The quantitative estimate of drug-likeness (QED) is 0.618. The average molecular weight is 284 g/mol. The zero-order chi connectivity index (χ0) is 13.9. The molecular weight excluding hydrogens is 274 g/mol. The number of fused-ring (bicyclic) bond motifs is 1. The SMILES string of the molecule is CC(=O)SCCC#Cc1ccc2c(c1)OC(F)(F)O2. The molecule has 19 heavy (non-hydrogen) atoms. The maximum absolute atomic E-state index is 12.8. The standard InChI is InChI=1S/C13H10F2O3S/c1-9(16)19-7-3-2-4-10-5-6-11-12(8-10)18-13(14,15)17-11/h5-6,8H,3,7H2,1H3. The second-order valence-corrected chi connectivity index (χ2v) is 4.99. The van der Waals surface area contributed by atoms with Gasteiger partial charge in [0, 0.05) is 30.7 Å². The zero-order valence-electron chi connectivity index (χ0n) is 10.0. The molecule has 0 saturated heterocycles. The molecule has 2 rings (SSSR count). The molecule has 0 aromatic heterocycles. The molecule has 0 unspecified atom stereocenters. The smallest absolute Gasteiger partial charge is 0.395 e. The summed E-state index contributed by atoms with van der Waals surface area (Å²) in [6, 6.07) is 4.38. The second kappa shape index (κ2) is 5.49. The van der Waals surface area contributed by atoms with Crippen LogP contribution in [-0.4, -0.2) is 17.2 Å². The minimum Gasteiger partial charge on any atom is -0.395 e. The van der Waals surface area contributed by atoms with Gasteiger partial charge in [0.15, 0.2) is 16.6 Å². The van der Waals surface area contributed by atoms with Crippen molar-refractivity contribution < 1.29 is 23.0 Å². The van der Waals surface area contributed by atoms with Gasteiger partial charge in [-0.05, 0) is 12.1 Å². The summed E-state index contributed by atoms with van der Waals surface area (Å²) in [6.45, 7) is 1.50. The fourth-order valence-corrected chi connectivity index (χ4v) is 1.93. The minimum atomic E-state index is -3.60. The third kappa shape index (κ3) is 3.86. The lowest BCUT2D eigenvalue weighted by molar-refractivity contribution is -0.286. The molecule has 0 atom stereocenters. The van der Waals surface area contributed by atoms with Gasteiger partial charge in [-0.25, -0.2) is 0 Å². The monoisotopic (exact) mass is 284 g/mol. The van der Waals surface area contributed by atoms with Crippen LogP contribution in [-0.2, 0) is 4.79 Å². The van der Waals surface area contributed by atoms with Crippen molar-refractivity contribution in [2.24, 2.45) is 0 Å². The topological polar surface area (TPSA) is 35.5 Å². The first-order valence-corrected chi connectivity index (χ1v) is 6.47. The molecule has 0 bridgehead atoms.